The molecule has 6 nitrogen and oxygen atoms in total. The summed E-state index contributed by atoms with van der Waals surface area (Å²) in [6.45, 7) is 7.70. The van der Waals surface area contributed by atoms with Crippen LogP contribution in [0, 0.1) is 5.92 Å². The number of nitrogens with zero attached hydrogens (tertiary/aromatic N) is 2. The Kier molecular flexibility index (Phi) is 8.16. The van der Waals surface area contributed by atoms with Gasteiger partial charge in [0.25, 0.3) is 0 Å². The molecule has 7 heteroatoms. The highest BCUT2D eigenvalue weighted by Gasteiger charge is 2.31. The predicted octanol–water partition coefficient (Wildman–Crippen LogP) is 1.82. The number of likely N-dealkylation sites (tertiary alicyclic amines) is 1. The Morgan fingerprint density at radius 2 is 1.92 bits per heavy atom. The fourth-order valence-electron chi connectivity index (χ4n) is 4.05. The molecule has 2 aliphatic heterocycles. The molecule has 25 heavy (non-hydrogen) atoms. The first kappa shape index (κ1) is 20.6. The van der Waals surface area contributed by atoms with Crippen molar-refractivity contribution in [3.8, 4) is 0 Å². The van der Waals surface area contributed by atoms with E-state index in [0.29, 0.717) is 25.7 Å². The Labute approximate surface area is 153 Å². The summed E-state index contributed by atoms with van der Waals surface area (Å²) >= 11 is 0. The molecular weight excluding hydrogens is 338 g/mol. The largest absolute Gasteiger partial charge is 0.356 e. The van der Waals surface area contributed by atoms with E-state index in [2.05, 4.69) is 17.1 Å². The second-order valence-corrected chi connectivity index (χ2v) is 9.59. The number of rotatable bonds is 8. The highest BCUT2D eigenvalue weighted by Crippen LogP contribution is 2.20. The number of amides is 1. The fraction of sp³-hybridized carbons (Fsp3) is 0.944. The van der Waals surface area contributed by atoms with E-state index in [1.807, 2.05) is 0 Å². The molecule has 0 radical (unpaired) electrons. The lowest BCUT2D eigenvalue weighted by molar-refractivity contribution is -0.126. The standard InChI is InChI=1S/C18H35N3O3S/c1-3-17-10-5-6-12-20(17)13-8-11-19-18(22)16-9-7-14-21(15-16)25(23,24)4-2/h16-17H,3-15H2,1-2H3,(H,19,22)/t16-,17+/m1/s1. The third-order valence-corrected chi connectivity index (χ3v) is 7.50. The number of piperidine rings is 2. The van der Waals surface area contributed by atoms with Crippen LogP contribution in [0.15, 0.2) is 0 Å². The summed E-state index contributed by atoms with van der Waals surface area (Å²) in [6.07, 6.45) is 7.64. The summed E-state index contributed by atoms with van der Waals surface area (Å²) in [5.74, 6) is -0.0781. The van der Waals surface area contributed by atoms with Crippen LogP contribution in [0.4, 0.5) is 0 Å². The number of carbonyl (C=O) groups is 1. The molecule has 2 atom stereocenters. The predicted molar refractivity (Wildman–Crippen MR) is 101 cm³/mol. The lowest BCUT2D eigenvalue weighted by Gasteiger charge is -2.35. The second-order valence-electron chi connectivity index (χ2n) is 7.34. The SMILES string of the molecule is CC[C@H]1CCCCN1CCCNC(=O)[C@@H]1CCCN(S(=O)(=O)CC)C1. The van der Waals surface area contributed by atoms with E-state index in [0.717, 1.165) is 25.8 Å². The number of hydrogen-bond donors (Lipinski definition) is 1. The number of sulfonamides is 1. The smallest absolute Gasteiger partial charge is 0.224 e. The maximum Gasteiger partial charge on any atom is 0.224 e. The van der Waals surface area contributed by atoms with Crippen LogP contribution in [-0.4, -0.2) is 68.0 Å². The first-order valence-electron chi connectivity index (χ1n) is 9.97. The van der Waals surface area contributed by atoms with Crippen LogP contribution < -0.4 is 5.32 Å². The van der Waals surface area contributed by atoms with Gasteiger partial charge in [-0.2, -0.15) is 0 Å². The summed E-state index contributed by atoms with van der Waals surface area (Å²) in [5.41, 5.74) is 0. The quantitative estimate of drug-likeness (QED) is 0.659. The number of hydrogen-bond acceptors (Lipinski definition) is 4. The molecule has 0 unspecified atom stereocenters. The first-order chi connectivity index (χ1) is 12.0. The van der Waals surface area contributed by atoms with E-state index < -0.39 is 10.0 Å². The van der Waals surface area contributed by atoms with Gasteiger partial charge in [-0.25, -0.2) is 12.7 Å². The number of carbonyl (C=O) groups excluding carboxylic acids is 1. The van der Waals surface area contributed by atoms with E-state index in [4.69, 9.17) is 0 Å². The van der Waals surface area contributed by atoms with E-state index in [1.54, 1.807) is 6.92 Å². The zero-order chi connectivity index (χ0) is 18.3. The molecule has 0 aromatic heterocycles. The van der Waals surface area contributed by atoms with Gasteiger partial charge in [0, 0.05) is 32.2 Å². The summed E-state index contributed by atoms with van der Waals surface area (Å²) in [6, 6.07) is 0.704. The summed E-state index contributed by atoms with van der Waals surface area (Å²) < 4.78 is 25.5. The van der Waals surface area contributed by atoms with Crippen molar-refractivity contribution in [1.82, 2.24) is 14.5 Å². The van der Waals surface area contributed by atoms with Gasteiger partial charge in [-0.05, 0) is 52.0 Å². The van der Waals surface area contributed by atoms with Crippen LogP contribution in [0.1, 0.15) is 58.8 Å². The topological polar surface area (TPSA) is 69.7 Å². The molecule has 146 valence electrons. The van der Waals surface area contributed by atoms with E-state index in [1.165, 1.54) is 36.5 Å². The van der Waals surface area contributed by atoms with Crippen molar-refractivity contribution in [3.63, 3.8) is 0 Å². The maximum absolute atomic E-state index is 12.4. The van der Waals surface area contributed by atoms with Crippen LogP contribution in [0.3, 0.4) is 0 Å². The fourth-order valence-corrected chi connectivity index (χ4v) is 5.23. The van der Waals surface area contributed by atoms with Gasteiger partial charge in [-0.3, -0.25) is 4.79 Å². The Balaban J connectivity index is 1.71. The normalized spacial score (nSPS) is 26.5. The number of nitrogens with one attached hydrogen (secondary N) is 1. The van der Waals surface area contributed by atoms with Crippen molar-refractivity contribution in [3.05, 3.63) is 0 Å². The Morgan fingerprint density at radius 3 is 2.64 bits per heavy atom. The van der Waals surface area contributed by atoms with Crippen LogP contribution in [-0.2, 0) is 14.8 Å². The minimum Gasteiger partial charge on any atom is -0.356 e. The Bertz CT molecular complexity index is 524. The highest BCUT2D eigenvalue weighted by molar-refractivity contribution is 7.89. The molecule has 1 N–H and O–H groups in total. The summed E-state index contributed by atoms with van der Waals surface area (Å²) in [7, 11) is -3.19. The highest BCUT2D eigenvalue weighted by atomic mass is 32.2. The molecule has 2 aliphatic rings. The average Bonchev–Trinajstić information content (AvgIpc) is 2.65. The molecule has 0 aromatic carbocycles. The van der Waals surface area contributed by atoms with Gasteiger partial charge >= 0.3 is 0 Å². The molecule has 0 saturated carbocycles. The second kappa shape index (κ2) is 9.88. The van der Waals surface area contributed by atoms with Gasteiger partial charge in [0.1, 0.15) is 0 Å². The van der Waals surface area contributed by atoms with E-state index in [9.17, 15) is 13.2 Å². The van der Waals surface area contributed by atoms with Gasteiger partial charge in [0.05, 0.1) is 11.7 Å². The molecule has 0 bridgehead atoms. The van der Waals surface area contributed by atoms with Crippen LogP contribution in [0.25, 0.3) is 0 Å². The van der Waals surface area contributed by atoms with Gasteiger partial charge in [0.15, 0.2) is 0 Å². The minimum atomic E-state index is -3.19. The van der Waals surface area contributed by atoms with Crippen LogP contribution in [0.2, 0.25) is 0 Å². The molecule has 2 saturated heterocycles. The van der Waals surface area contributed by atoms with Gasteiger partial charge in [0.2, 0.25) is 15.9 Å². The minimum absolute atomic E-state index is 0.0155. The third-order valence-electron chi connectivity index (χ3n) is 5.65. The third kappa shape index (κ3) is 5.93. The van der Waals surface area contributed by atoms with Crippen molar-refractivity contribution in [1.29, 1.82) is 0 Å². The molecule has 2 heterocycles. The lowest BCUT2D eigenvalue weighted by Crippen LogP contribution is -2.46. The van der Waals surface area contributed by atoms with Crippen molar-refractivity contribution in [2.24, 2.45) is 5.92 Å². The van der Waals surface area contributed by atoms with Gasteiger partial charge in [-0.1, -0.05) is 13.3 Å². The first-order valence-corrected chi connectivity index (χ1v) is 11.6. The molecule has 0 spiro atoms. The van der Waals surface area contributed by atoms with E-state index >= 15 is 0 Å². The monoisotopic (exact) mass is 373 g/mol. The van der Waals surface area contributed by atoms with Crippen molar-refractivity contribution in [2.75, 3.05) is 38.5 Å². The summed E-state index contributed by atoms with van der Waals surface area (Å²) in [5, 5.41) is 3.03. The molecule has 2 fully saturated rings. The maximum atomic E-state index is 12.4. The van der Waals surface area contributed by atoms with Gasteiger partial charge in [-0.15, -0.1) is 0 Å². The molecular formula is C18H35N3O3S. The van der Waals surface area contributed by atoms with Crippen LogP contribution >= 0.6 is 0 Å². The Morgan fingerprint density at radius 1 is 1.12 bits per heavy atom. The summed E-state index contributed by atoms with van der Waals surface area (Å²) in [4.78, 5) is 14.9. The zero-order valence-corrected chi connectivity index (χ0v) is 16.7. The van der Waals surface area contributed by atoms with Crippen molar-refractivity contribution < 1.29 is 13.2 Å². The van der Waals surface area contributed by atoms with E-state index in [-0.39, 0.29) is 17.6 Å². The zero-order valence-electron chi connectivity index (χ0n) is 15.9. The average molecular weight is 374 g/mol. The van der Waals surface area contributed by atoms with Crippen molar-refractivity contribution in [2.45, 2.75) is 64.8 Å². The van der Waals surface area contributed by atoms with Crippen molar-refractivity contribution >= 4 is 15.9 Å². The Hall–Kier alpha value is -0.660. The lowest BCUT2D eigenvalue weighted by atomic mass is 9.98. The van der Waals surface area contributed by atoms with Crippen LogP contribution in [0.5, 0.6) is 0 Å². The van der Waals surface area contributed by atoms with Gasteiger partial charge < -0.3 is 10.2 Å². The molecule has 0 aromatic rings. The molecule has 1 amide bonds. The molecule has 2 rings (SSSR count). The molecule has 0 aliphatic carbocycles.